The molecule has 1 heterocycles. The van der Waals surface area contributed by atoms with Crippen LogP contribution in [-0.2, 0) is 19.4 Å². The Morgan fingerprint density at radius 3 is 2.62 bits per heavy atom. The molecule has 0 spiro atoms. The highest BCUT2D eigenvalue weighted by Crippen LogP contribution is 2.28. The number of rotatable bonds is 5. The van der Waals surface area contributed by atoms with Crippen molar-refractivity contribution in [2.24, 2.45) is 5.73 Å². The lowest BCUT2D eigenvalue weighted by molar-refractivity contribution is 0.554. The SMILES string of the molecule is CCc1nn(CC)c(CC(N)c2ccc(Br)cc2F)c1Br. The van der Waals surface area contributed by atoms with Crippen LogP contribution in [0.3, 0.4) is 0 Å². The molecule has 114 valence electrons. The minimum absolute atomic E-state index is 0.286. The van der Waals surface area contributed by atoms with Crippen molar-refractivity contribution in [3.8, 4) is 0 Å². The highest BCUT2D eigenvalue weighted by Gasteiger charge is 2.19. The van der Waals surface area contributed by atoms with Crippen molar-refractivity contribution in [2.45, 2.75) is 39.3 Å². The van der Waals surface area contributed by atoms with E-state index >= 15 is 0 Å². The normalized spacial score (nSPS) is 12.7. The van der Waals surface area contributed by atoms with Crippen molar-refractivity contribution in [3.05, 3.63) is 49.9 Å². The standard InChI is InChI=1S/C15H18Br2FN3/c1-3-13-15(17)14(21(4-2)20-13)8-12(19)10-6-5-9(16)7-11(10)18/h5-7,12H,3-4,8,19H2,1-2H3. The summed E-state index contributed by atoms with van der Waals surface area (Å²) in [5.74, 6) is -0.286. The number of nitrogens with zero attached hydrogens (tertiary/aromatic N) is 2. The molecule has 1 aromatic heterocycles. The highest BCUT2D eigenvalue weighted by molar-refractivity contribution is 9.10. The lowest BCUT2D eigenvalue weighted by Gasteiger charge is -2.14. The van der Waals surface area contributed by atoms with E-state index in [9.17, 15) is 4.39 Å². The predicted octanol–water partition coefficient (Wildman–Crippen LogP) is 4.37. The molecule has 21 heavy (non-hydrogen) atoms. The van der Waals surface area contributed by atoms with Gasteiger partial charge in [0.1, 0.15) is 5.82 Å². The summed E-state index contributed by atoms with van der Waals surface area (Å²) in [5.41, 5.74) is 8.75. The lowest BCUT2D eigenvalue weighted by atomic mass is 10.0. The molecular weight excluding hydrogens is 401 g/mol. The number of aryl methyl sites for hydroxylation is 2. The van der Waals surface area contributed by atoms with Crippen molar-refractivity contribution in [3.63, 3.8) is 0 Å². The van der Waals surface area contributed by atoms with Gasteiger partial charge < -0.3 is 5.73 Å². The van der Waals surface area contributed by atoms with Crippen LogP contribution < -0.4 is 5.73 Å². The van der Waals surface area contributed by atoms with E-state index in [4.69, 9.17) is 5.73 Å². The summed E-state index contributed by atoms with van der Waals surface area (Å²) in [6.45, 7) is 4.86. The van der Waals surface area contributed by atoms with E-state index in [0.717, 1.165) is 28.8 Å². The Kier molecular flexibility index (Phi) is 5.57. The smallest absolute Gasteiger partial charge is 0.129 e. The molecule has 0 saturated carbocycles. The van der Waals surface area contributed by atoms with Crippen LogP contribution in [0, 0.1) is 5.82 Å². The highest BCUT2D eigenvalue weighted by atomic mass is 79.9. The van der Waals surface area contributed by atoms with Gasteiger partial charge in [-0.05, 0) is 41.4 Å². The fourth-order valence-corrected chi connectivity index (χ4v) is 3.39. The third-order valence-corrected chi connectivity index (χ3v) is 4.88. The summed E-state index contributed by atoms with van der Waals surface area (Å²) >= 11 is 6.85. The average molecular weight is 419 g/mol. The Labute approximate surface area is 141 Å². The van der Waals surface area contributed by atoms with Crippen LogP contribution in [0.25, 0.3) is 0 Å². The van der Waals surface area contributed by atoms with Crippen molar-refractivity contribution < 1.29 is 4.39 Å². The summed E-state index contributed by atoms with van der Waals surface area (Å²) in [4.78, 5) is 0. The van der Waals surface area contributed by atoms with E-state index < -0.39 is 6.04 Å². The van der Waals surface area contributed by atoms with Gasteiger partial charge in [-0.1, -0.05) is 28.9 Å². The van der Waals surface area contributed by atoms with Crippen LogP contribution in [-0.4, -0.2) is 9.78 Å². The van der Waals surface area contributed by atoms with E-state index in [0.29, 0.717) is 16.5 Å². The lowest BCUT2D eigenvalue weighted by Crippen LogP contribution is -2.17. The second-order valence-corrected chi connectivity index (χ2v) is 6.56. The number of halogens is 3. The first-order chi connectivity index (χ1) is 9.97. The molecule has 2 rings (SSSR count). The van der Waals surface area contributed by atoms with Gasteiger partial charge >= 0.3 is 0 Å². The van der Waals surface area contributed by atoms with E-state index in [1.54, 1.807) is 6.07 Å². The molecule has 0 radical (unpaired) electrons. The summed E-state index contributed by atoms with van der Waals surface area (Å²) in [6.07, 6.45) is 1.39. The molecule has 1 aromatic carbocycles. The molecule has 0 saturated heterocycles. The second kappa shape index (κ2) is 7.03. The maximum absolute atomic E-state index is 14.0. The fourth-order valence-electron chi connectivity index (χ4n) is 2.33. The van der Waals surface area contributed by atoms with E-state index in [1.807, 2.05) is 17.7 Å². The Balaban J connectivity index is 2.31. The number of hydrogen-bond acceptors (Lipinski definition) is 2. The first-order valence-electron chi connectivity index (χ1n) is 6.92. The van der Waals surface area contributed by atoms with Crippen molar-refractivity contribution in [1.82, 2.24) is 9.78 Å². The van der Waals surface area contributed by atoms with Gasteiger partial charge in [0.2, 0.25) is 0 Å². The average Bonchev–Trinajstić information content (AvgIpc) is 2.75. The maximum Gasteiger partial charge on any atom is 0.129 e. The molecule has 3 nitrogen and oxygen atoms in total. The van der Waals surface area contributed by atoms with Crippen LogP contribution in [0.15, 0.2) is 27.1 Å². The maximum atomic E-state index is 14.0. The van der Waals surface area contributed by atoms with Gasteiger partial charge in [0.15, 0.2) is 0 Å². The molecule has 0 aliphatic rings. The van der Waals surface area contributed by atoms with Gasteiger partial charge in [-0.2, -0.15) is 5.10 Å². The minimum Gasteiger partial charge on any atom is -0.324 e. The number of hydrogen-bond donors (Lipinski definition) is 1. The quantitative estimate of drug-likeness (QED) is 0.783. The molecule has 2 aromatic rings. The van der Waals surface area contributed by atoms with Crippen molar-refractivity contribution >= 4 is 31.9 Å². The Bertz CT molecular complexity index is 640. The van der Waals surface area contributed by atoms with Crippen LogP contribution in [0.2, 0.25) is 0 Å². The van der Waals surface area contributed by atoms with Gasteiger partial charge in [0.25, 0.3) is 0 Å². The van der Waals surface area contributed by atoms with E-state index in [-0.39, 0.29) is 5.82 Å². The summed E-state index contributed by atoms with van der Waals surface area (Å²) in [6, 6.07) is 4.58. The van der Waals surface area contributed by atoms with Crippen LogP contribution >= 0.6 is 31.9 Å². The summed E-state index contributed by atoms with van der Waals surface area (Å²) in [7, 11) is 0. The van der Waals surface area contributed by atoms with Crippen molar-refractivity contribution in [2.75, 3.05) is 0 Å². The zero-order valence-electron chi connectivity index (χ0n) is 12.0. The summed E-state index contributed by atoms with van der Waals surface area (Å²) in [5, 5.41) is 4.54. The van der Waals surface area contributed by atoms with Crippen LogP contribution in [0.5, 0.6) is 0 Å². The number of benzene rings is 1. The molecule has 0 bridgehead atoms. The molecule has 1 atom stereocenters. The molecule has 0 fully saturated rings. The zero-order valence-corrected chi connectivity index (χ0v) is 15.2. The largest absolute Gasteiger partial charge is 0.324 e. The van der Waals surface area contributed by atoms with Gasteiger partial charge in [0, 0.05) is 29.0 Å². The van der Waals surface area contributed by atoms with Gasteiger partial charge in [-0.15, -0.1) is 0 Å². The first-order valence-corrected chi connectivity index (χ1v) is 8.51. The third-order valence-electron chi connectivity index (χ3n) is 3.47. The molecule has 6 heteroatoms. The van der Waals surface area contributed by atoms with Gasteiger partial charge in [-0.25, -0.2) is 4.39 Å². The topological polar surface area (TPSA) is 43.8 Å². The molecule has 0 aliphatic carbocycles. The number of aromatic nitrogens is 2. The molecule has 0 amide bonds. The Morgan fingerprint density at radius 2 is 2.05 bits per heavy atom. The second-order valence-electron chi connectivity index (χ2n) is 4.85. The Morgan fingerprint density at radius 1 is 1.33 bits per heavy atom. The van der Waals surface area contributed by atoms with Crippen LogP contribution in [0.1, 0.15) is 36.8 Å². The number of nitrogens with two attached hydrogens (primary N) is 1. The fraction of sp³-hybridized carbons (Fsp3) is 0.400. The molecule has 2 N–H and O–H groups in total. The van der Waals surface area contributed by atoms with Crippen molar-refractivity contribution in [1.29, 1.82) is 0 Å². The first kappa shape index (κ1) is 16.6. The van der Waals surface area contributed by atoms with E-state index in [1.165, 1.54) is 6.07 Å². The molecule has 0 aliphatic heterocycles. The summed E-state index contributed by atoms with van der Waals surface area (Å²) < 4.78 is 17.6. The van der Waals surface area contributed by atoms with Gasteiger partial charge in [0.05, 0.1) is 15.9 Å². The van der Waals surface area contributed by atoms with Gasteiger partial charge in [-0.3, -0.25) is 4.68 Å². The third kappa shape index (κ3) is 3.55. The Hall–Kier alpha value is -0.720. The monoisotopic (exact) mass is 417 g/mol. The van der Waals surface area contributed by atoms with Crippen LogP contribution in [0.4, 0.5) is 4.39 Å². The predicted molar refractivity (Wildman–Crippen MR) is 89.7 cm³/mol. The molecule has 1 unspecified atom stereocenters. The zero-order chi connectivity index (χ0) is 15.6. The molecular formula is C15H18Br2FN3. The minimum atomic E-state index is -0.402. The van der Waals surface area contributed by atoms with E-state index in [2.05, 4.69) is 43.9 Å².